The van der Waals surface area contributed by atoms with Gasteiger partial charge in [0.1, 0.15) is 5.70 Å². The SMILES string of the molecule is CNC(=O)NC(=O)C(C)SC1=N/C(=C\c2ccc(Cl)c(Cl)c2)C(=O)N1c1ccc(C)cc1. The Balaban J connectivity index is 1.95. The molecule has 32 heavy (non-hydrogen) atoms. The summed E-state index contributed by atoms with van der Waals surface area (Å²) in [5, 5.41) is 4.97. The Labute approximate surface area is 199 Å². The van der Waals surface area contributed by atoms with E-state index in [4.69, 9.17) is 23.2 Å². The van der Waals surface area contributed by atoms with Gasteiger partial charge in [0.15, 0.2) is 5.17 Å². The number of thioether (sulfide) groups is 1. The predicted molar refractivity (Wildman–Crippen MR) is 130 cm³/mol. The lowest BCUT2D eigenvalue weighted by Crippen LogP contribution is -2.42. The number of urea groups is 1. The van der Waals surface area contributed by atoms with E-state index in [2.05, 4.69) is 15.6 Å². The smallest absolute Gasteiger partial charge is 0.321 e. The molecule has 2 aromatic rings. The minimum atomic E-state index is -0.684. The molecule has 1 aliphatic rings. The zero-order chi connectivity index (χ0) is 23.4. The van der Waals surface area contributed by atoms with E-state index in [0.717, 1.165) is 17.3 Å². The van der Waals surface area contributed by atoms with Crippen LogP contribution in [0.4, 0.5) is 10.5 Å². The van der Waals surface area contributed by atoms with Crippen LogP contribution in [0.25, 0.3) is 6.08 Å². The zero-order valence-electron chi connectivity index (χ0n) is 17.5. The average Bonchev–Trinajstić information content (AvgIpc) is 3.05. The molecule has 0 aliphatic carbocycles. The van der Waals surface area contributed by atoms with Crippen molar-refractivity contribution < 1.29 is 14.4 Å². The largest absolute Gasteiger partial charge is 0.341 e. The topological polar surface area (TPSA) is 90.9 Å². The molecular formula is C22H20Cl2N4O3S. The lowest BCUT2D eigenvalue weighted by atomic mass is 10.2. The van der Waals surface area contributed by atoms with Gasteiger partial charge in [-0.2, -0.15) is 0 Å². The number of aryl methyl sites for hydroxylation is 1. The Bertz CT molecular complexity index is 1130. The standard InChI is InChI=1S/C22H20Cl2N4O3S/c1-12-4-7-15(8-5-12)28-20(30)18(11-14-6-9-16(23)17(24)10-14)26-22(28)32-13(2)19(29)27-21(31)25-3/h4-11,13H,1-3H3,(H2,25,27,29,31)/b18-11-. The zero-order valence-corrected chi connectivity index (χ0v) is 19.8. The number of aliphatic imine (C=N–C) groups is 1. The number of benzene rings is 2. The lowest BCUT2D eigenvalue weighted by Gasteiger charge is -2.20. The van der Waals surface area contributed by atoms with Crippen LogP contribution < -0.4 is 15.5 Å². The molecule has 1 atom stereocenters. The van der Waals surface area contributed by atoms with Crippen LogP contribution in [-0.4, -0.2) is 35.3 Å². The van der Waals surface area contributed by atoms with Crippen molar-refractivity contribution in [3.05, 3.63) is 69.3 Å². The van der Waals surface area contributed by atoms with Crippen LogP contribution in [0, 0.1) is 6.92 Å². The average molecular weight is 491 g/mol. The molecule has 1 unspecified atom stereocenters. The number of nitrogens with one attached hydrogen (secondary N) is 2. The molecule has 166 valence electrons. The fourth-order valence-electron chi connectivity index (χ4n) is 2.74. The van der Waals surface area contributed by atoms with E-state index in [9.17, 15) is 14.4 Å². The molecule has 0 saturated carbocycles. The molecule has 1 aliphatic heterocycles. The second-order valence-corrected chi connectivity index (χ2v) is 9.02. The number of nitrogens with zero attached hydrogens (tertiary/aromatic N) is 2. The van der Waals surface area contributed by atoms with Crippen molar-refractivity contribution in [2.24, 2.45) is 4.99 Å². The molecule has 0 aromatic heterocycles. The molecule has 0 fully saturated rings. The highest BCUT2D eigenvalue weighted by Crippen LogP contribution is 2.32. The van der Waals surface area contributed by atoms with Crippen molar-refractivity contribution in [2.45, 2.75) is 19.1 Å². The van der Waals surface area contributed by atoms with Gasteiger partial charge in [0.25, 0.3) is 5.91 Å². The number of hydrogen-bond donors (Lipinski definition) is 2. The van der Waals surface area contributed by atoms with E-state index < -0.39 is 17.2 Å². The maximum absolute atomic E-state index is 13.2. The summed E-state index contributed by atoms with van der Waals surface area (Å²) >= 11 is 13.1. The minimum Gasteiger partial charge on any atom is -0.341 e. The first-order valence-electron chi connectivity index (χ1n) is 9.55. The molecule has 4 amide bonds. The molecule has 0 bridgehead atoms. The van der Waals surface area contributed by atoms with Crippen LogP contribution in [0.2, 0.25) is 10.0 Å². The van der Waals surface area contributed by atoms with Gasteiger partial charge in [-0.25, -0.2) is 9.79 Å². The summed E-state index contributed by atoms with van der Waals surface area (Å²) in [6.45, 7) is 3.57. The molecule has 3 rings (SSSR count). The van der Waals surface area contributed by atoms with Gasteiger partial charge in [-0.1, -0.05) is 58.7 Å². The maximum Gasteiger partial charge on any atom is 0.321 e. The van der Waals surface area contributed by atoms with Crippen LogP contribution in [-0.2, 0) is 9.59 Å². The first-order valence-corrected chi connectivity index (χ1v) is 11.2. The quantitative estimate of drug-likeness (QED) is 0.611. The molecular weight excluding hydrogens is 471 g/mol. The van der Waals surface area contributed by atoms with Crippen LogP contribution in [0.5, 0.6) is 0 Å². The van der Waals surface area contributed by atoms with Gasteiger partial charge in [-0.3, -0.25) is 19.8 Å². The number of amidine groups is 1. The maximum atomic E-state index is 13.2. The molecule has 2 aromatic carbocycles. The lowest BCUT2D eigenvalue weighted by molar-refractivity contribution is -0.119. The van der Waals surface area contributed by atoms with Crippen molar-refractivity contribution in [1.82, 2.24) is 10.6 Å². The molecule has 1 heterocycles. The summed E-state index contributed by atoms with van der Waals surface area (Å²) in [6, 6.07) is 11.8. The summed E-state index contributed by atoms with van der Waals surface area (Å²) in [4.78, 5) is 42.9. The molecule has 10 heteroatoms. The van der Waals surface area contributed by atoms with Gasteiger partial charge in [0.2, 0.25) is 5.91 Å². The highest BCUT2D eigenvalue weighted by molar-refractivity contribution is 8.15. The summed E-state index contributed by atoms with van der Waals surface area (Å²) in [5.41, 5.74) is 2.50. The number of hydrogen-bond acceptors (Lipinski definition) is 5. The molecule has 7 nitrogen and oxygen atoms in total. The fraction of sp³-hybridized carbons (Fsp3) is 0.182. The first-order chi connectivity index (χ1) is 15.2. The predicted octanol–water partition coefficient (Wildman–Crippen LogP) is 4.62. The second kappa shape index (κ2) is 10.2. The monoisotopic (exact) mass is 490 g/mol. The number of imide groups is 1. The van der Waals surface area contributed by atoms with Crippen LogP contribution in [0.3, 0.4) is 0 Å². The van der Waals surface area contributed by atoms with Gasteiger partial charge in [0, 0.05) is 7.05 Å². The number of anilines is 1. The van der Waals surface area contributed by atoms with Gasteiger partial charge < -0.3 is 5.32 Å². The van der Waals surface area contributed by atoms with E-state index in [0.29, 0.717) is 26.5 Å². The van der Waals surface area contributed by atoms with Gasteiger partial charge in [-0.15, -0.1) is 0 Å². The van der Waals surface area contributed by atoms with Crippen LogP contribution in [0.15, 0.2) is 53.2 Å². The van der Waals surface area contributed by atoms with Crippen molar-refractivity contribution >= 4 is 69.7 Å². The Morgan fingerprint density at radius 2 is 1.81 bits per heavy atom. The summed E-state index contributed by atoms with van der Waals surface area (Å²) in [5.74, 6) is -0.850. The molecule has 0 saturated heterocycles. The van der Waals surface area contributed by atoms with E-state index in [1.165, 1.54) is 11.9 Å². The summed E-state index contributed by atoms with van der Waals surface area (Å²) < 4.78 is 0. The van der Waals surface area contributed by atoms with Crippen molar-refractivity contribution in [3.63, 3.8) is 0 Å². The number of carbonyl (C=O) groups excluding carboxylic acids is 3. The van der Waals surface area contributed by atoms with Crippen molar-refractivity contribution in [3.8, 4) is 0 Å². The summed E-state index contributed by atoms with van der Waals surface area (Å²) in [7, 11) is 1.42. The normalized spacial score (nSPS) is 15.5. The van der Waals surface area contributed by atoms with E-state index in [-0.39, 0.29) is 11.6 Å². The van der Waals surface area contributed by atoms with Crippen LogP contribution in [0.1, 0.15) is 18.1 Å². The number of carbonyl (C=O) groups is 3. The number of amides is 4. The first kappa shape index (κ1) is 23.8. The second-order valence-electron chi connectivity index (χ2n) is 6.90. The van der Waals surface area contributed by atoms with E-state index in [1.54, 1.807) is 43.3 Å². The highest BCUT2D eigenvalue weighted by atomic mass is 35.5. The Morgan fingerprint density at radius 3 is 2.44 bits per heavy atom. The number of halogens is 2. The third kappa shape index (κ3) is 5.51. The molecule has 0 spiro atoms. The fourth-order valence-corrected chi connectivity index (χ4v) is 3.98. The van der Waals surface area contributed by atoms with Gasteiger partial charge in [-0.05, 0) is 49.8 Å². The summed E-state index contributed by atoms with van der Waals surface area (Å²) in [6.07, 6.45) is 1.61. The Hall–Kier alpha value is -2.81. The molecule has 2 N–H and O–H groups in total. The highest BCUT2D eigenvalue weighted by Gasteiger charge is 2.34. The van der Waals surface area contributed by atoms with Gasteiger partial charge >= 0.3 is 6.03 Å². The minimum absolute atomic E-state index is 0.186. The number of rotatable bonds is 4. The van der Waals surface area contributed by atoms with Crippen molar-refractivity contribution in [2.75, 3.05) is 11.9 Å². The Morgan fingerprint density at radius 1 is 1.12 bits per heavy atom. The van der Waals surface area contributed by atoms with Crippen molar-refractivity contribution in [1.29, 1.82) is 0 Å². The third-order valence-electron chi connectivity index (χ3n) is 4.48. The third-order valence-corrected chi connectivity index (χ3v) is 6.28. The van der Waals surface area contributed by atoms with E-state index >= 15 is 0 Å². The van der Waals surface area contributed by atoms with Gasteiger partial charge in [0.05, 0.1) is 21.0 Å². The van der Waals surface area contributed by atoms with Crippen LogP contribution >= 0.6 is 35.0 Å². The Kier molecular flexibility index (Phi) is 7.60. The van der Waals surface area contributed by atoms with E-state index in [1.807, 2.05) is 19.1 Å². The molecule has 0 radical (unpaired) electrons.